The molecule has 2 heterocycles. The Kier molecular flexibility index (Phi) is 3.99. The van der Waals surface area contributed by atoms with E-state index < -0.39 is 5.97 Å². The molecule has 116 valence electrons. The van der Waals surface area contributed by atoms with E-state index in [1.54, 1.807) is 13.3 Å². The lowest BCUT2D eigenvalue weighted by molar-refractivity contribution is -0.131. The first-order chi connectivity index (χ1) is 11.1. The highest BCUT2D eigenvalue weighted by Gasteiger charge is 2.16. The predicted octanol–water partition coefficient (Wildman–Crippen LogP) is 3.38. The van der Waals surface area contributed by atoms with E-state index in [0.717, 1.165) is 11.6 Å². The van der Waals surface area contributed by atoms with Crippen molar-refractivity contribution in [1.82, 2.24) is 15.2 Å². The molecule has 0 unspecified atom stereocenters. The van der Waals surface area contributed by atoms with Gasteiger partial charge in [0.25, 0.3) is 0 Å². The topological polar surface area (TPSA) is 88.1 Å². The highest BCUT2D eigenvalue weighted by Crippen LogP contribution is 2.35. The quantitative estimate of drug-likeness (QED) is 0.716. The van der Waals surface area contributed by atoms with Gasteiger partial charge >= 0.3 is 5.97 Å². The molecule has 7 heteroatoms. The molecule has 0 radical (unpaired) electrons. The Balaban J connectivity index is 2.24. The van der Waals surface area contributed by atoms with Crippen LogP contribution in [0, 0.1) is 0 Å². The van der Waals surface area contributed by atoms with E-state index in [-0.39, 0.29) is 5.15 Å². The number of ether oxygens (including phenoxy) is 1. The largest absolute Gasteiger partial charge is 0.496 e. The van der Waals surface area contributed by atoms with Gasteiger partial charge in [-0.3, -0.25) is 0 Å². The number of hydrogen-bond donors (Lipinski definition) is 2. The van der Waals surface area contributed by atoms with E-state index in [1.807, 2.05) is 24.3 Å². The molecule has 2 N–H and O–H groups in total. The minimum Gasteiger partial charge on any atom is -0.496 e. The molecule has 0 aliphatic heterocycles. The molecule has 0 bridgehead atoms. The van der Waals surface area contributed by atoms with Crippen molar-refractivity contribution in [2.45, 2.75) is 0 Å². The van der Waals surface area contributed by atoms with Crippen molar-refractivity contribution < 1.29 is 14.6 Å². The average Bonchev–Trinajstić information content (AvgIpc) is 2.98. The van der Waals surface area contributed by atoms with Crippen LogP contribution in [-0.4, -0.2) is 33.4 Å². The minimum atomic E-state index is -1.04. The maximum atomic E-state index is 10.7. The number of para-hydroxylation sites is 1. The van der Waals surface area contributed by atoms with Gasteiger partial charge in [-0.25, -0.2) is 4.79 Å². The SMILES string of the molecule is COc1ccccc1-c1nnc(Cl)c2c(/C=C/C(=O)O)c[nH]c12. The molecule has 0 spiro atoms. The normalized spacial score (nSPS) is 11.2. The number of carboxylic acid groups (broad SMARTS) is 1. The number of benzene rings is 1. The number of nitrogens with zero attached hydrogens (tertiary/aromatic N) is 2. The third-order valence-corrected chi connectivity index (χ3v) is 3.62. The third kappa shape index (κ3) is 2.76. The summed E-state index contributed by atoms with van der Waals surface area (Å²) in [5.41, 5.74) is 2.63. The van der Waals surface area contributed by atoms with Gasteiger partial charge in [0.15, 0.2) is 5.15 Å². The van der Waals surface area contributed by atoms with Gasteiger partial charge in [0.1, 0.15) is 11.4 Å². The molecular weight excluding hydrogens is 318 g/mol. The Hall–Kier alpha value is -2.86. The molecule has 2 aromatic heterocycles. The van der Waals surface area contributed by atoms with E-state index in [0.29, 0.717) is 27.9 Å². The molecule has 3 rings (SSSR count). The number of rotatable bonds is 4. The van der Waals surface area contributed by atoms with Gasteiger partial charge < -0.3 is 14.8 Å². The van der Waals surface area contributed by atoms with Gasteiger partial charge in [0.2, 0.25) is 0 Å². The number of halogens is 1. The van der Waals surface area contributed by atoms with Crippen molar-refractivity contribution in [3.05, 3.63) is 47.3 Å². The lowest BCUT2D eigenvalue weighted by atomic mass is 10.1. The Morgan fingerprint density at radius 2 is 2.13 bits per heavy atom. The number of aromatic nitrogens is 3. The van der Waals surface area contributed by atoms with Crippen LogP contribution in [0.1, 0.15) is 5.56 Å². The summed E-state index contributed by atoms with van der Waals surface area (Å²) in [7, 11) is 1.58. The number of aromatic amines is 1. The number of H-pyrrole nitrogens is 1. The smallest absolute Gasteiger partial charge is 0.328 e. The van der Waals surface area contributed by atoms with E-state index in [2.05, 4.69) is 15.2 Å². The van der Waals surface area contributed by atoms with Crippen LogP contribution in [0.4, 0.5) is 0 Å². The van der Waals surface area contributed by atoms with Crippen molar-refractivity contribution >= 4 is 34.5 Å². The Morgan fingerprint density at radius 3 is 2.87 bits per heavy atom. The molecule has 3 aromatic rings. The second-order valence-corrected chi connectivity index (χ2v) is 5.06. The highest BCUT2D eigenvalue weighted by molar-refractivity contribution is 6.35. The molecule has 0 aliphatic rings. The number of methoxy groups -OCH3 is 1. The second kappa shape index (κ2) is 6.10. The van der Waals surface area contributed by atoms with Gasteiger partial charge in [-0.1, -0.05) is 23.7 Å². The first-order valence-electron chi connectivity index (χ1n) is 6.69. The minimum absolute atomic E-state index is 0.199. The fourth-order valence-corrected chi connectivity index (χ4v) is 2.60. The van der Waals surface area contributed by atoms with Crippen LogP contribution in [0.5, 0.6) is 5.75 Å². The van der Waals surface area contributed by atoms with Gasteiger partial charge in [0.05, 0.1) is 12.6 Å². The molecule has 0 fully saturated rings. The zero-order valence-electron chi connectivity index (χ0n) is 12.1. The summed E-state index contributed by atoms with van der Waals surface area (Å²) in [6.45, 7) is 0. The zero-order valence-corrected chi connectivity index (χ0v) is 12.8. The Labute approximate surface area is 136 Å². The van der Waals surface area contributed by atoms with E-state index in [4.69, 9.17) is 21.4 Å². The number of fused-ring (bicyclic) bond motifs is 1. The summed E-state index contributed by atoms with van der Waals surface area (Å²) >= 11 is 6.15. The van der Waals surface area contributed by atoms with Crippen LogP contribution in [-0.2, 0) is 4.79 Å². The molecule has 6 nitrogen and oxygen atoms in total. The monoisotopic (exact) mass is 329 g/mol. The van der Waals surface area contributed by atoms with Crippen LogP contribution < -0.4 is 4.74 Å². The summed E-state index contributed by atoms with van der Waals surface area (Å²) in [6, 6.07) is 7.42. The van der Waals surface area contributed by atoms with Gasteiger partial charge in [0, 0.05) is 28.8 Å². The lowest BCUT2D eigenvalue weighted by Gasteiger charge is -2.08. The number of nitrogens with one attached hydrogen (secondary N) is 1. The van der Waals surface area contributed by atoms with Crippen molar-refractivity contribution in [2.75, 3.05) is 7.11 Å². The van der Waals surface area contributed by atoms with E-state index >= 15 is 0 Å². The first kappa shape index (κ1) is 15.1. The summed E-state index contributed by atoms with van der Waals surface area (Å²) in [4.78, 5) is 13.8. The summed E-state index contributed by atoms with van der Waals surface area (Å²) in [6.07, 6.45) is 4.17. The molecule has 0 saturated heterocycles. The van der Waals surface area contributed by atoms with Crippen molar-refractivity contribution in [1.29, 1.82) is 0 Å². The Morgan fingerprint density at radius 1 is 1.35 bits per heavy atom. The standard InChI is InChI=1S/C16H12ClN3O3/c1-23-11-5-3-2-4-10(11)14-15-13(16(17)20-19-14)9(8-18-15)6-7-12(21)22/h2-8,18H,1H3,(H,21,22)/b7-6+. The molecular formula is C16H12ClN3O3. The molecule has 0 amide bonds. The molecule has 1 aromatic carbocycles. The Bertz CT molecular complexity index is 918. The predicted molar refractivity (Wildman–Crippen MR) is 87.6 cm³/mol. The summed E-state index contributed by atoms with van der Waals surface area (Å²) < 4.78 is 5.36. The van der Waals surface area contributed by atoms with Crippen LogP contribution in [0.3, 0.4) is 0 Å². The van der Waals surface area contributed by atoms with Gasteiger partial charge in [-0.15, -0.1) is 10.2 Å². The van der Waals surface area contributed by atoms with E-state index in [9.17, 15) is 4.79 Å². The maximum absolute atomic E-state index is 10.7. The van der Waals surface area contributed by atoms with Crippen LogP contribution >= 0.6 is 11.6 Å². The molecule has 0 atom stereocenters. The maximum Gasteiger partial charge on any atom is 0.328 e. The van der Waals surface area contributed by atoms with E-state index in [1.165, 1.54) is 6.08 Å². The summed E-state index contributed by atoms with van der Waals surface area (Å²) in [5.74, 6) is -0.384. The average molecular weight is 330 g/mol. The fourth-order valence-electron chi connectivity index (χ4n) is 2.36. The number of carboxylic acids is 1. The van der Waals surface area contributed by atoms with Crippen LogP contribution in [0.15, 0.2) is 36.5 Å². The first-order valence-corrected chi connectivity index (χ1v) is 7.07. The number of hydrogen-bond acceptors (Lipinski definition) is 4. The molecule has 0 saturated carbocycles. The number of carbonyl (C=O) groups is 1. The van der Waals surface area contributed by atoms with Crippen LogP contribution in [0.25, 0.3) is 28.2 Å². The van der Waals surface area contributed by atoms with Crippen molar-refractivity contribution in [3.63, 3.8) is 0 Å². The van der Waals surface area contributed by atoms with Crippen LogP contribution in [0.2, 0.25) is 5.15 Å². The van der Waals surface area contributed by atoms with Crippen molar-refractivity contribution in [3.8, 4) is 17.0 Å². The van der Waals surface area contributed by atoms with Gasteiger partial charge in [-0.2, -0.15) is 0 Å². The highest BCUT2D eigenvalue weighted by atomic mass is 35.5. The molecule has 23 heavy (non-hydrogen) atoms. The molecule has 0 aliphatic carbocycles. The zero-order chi connectivity index (χ0) is 16.4. The third-order valence-electron chi connectivity index (χ3n) is 3.36. The number of aliphatic carboxylic acids is 1. The summed E-state index contributed by atoms with van der Waals surface area (Å²) in [5, 5.41) is 17.7. The second-order valence-electron chi connectivity index (χ2n) is 4.71. The van der Waals surface area contributed by atoms with Crippen molar-refractivity contribution in [2.24, 2.45) is 0 Å². The lowest BCUT2D eigenvalue weighted by Crippen LogP contribution is -1.94. The van der Waals surface area contributed by atoms with Gasteiger partial charge in [-0.05, 0) is 18.2 Å². The fraction of sp³-hybridized carbons (Fsp3) is 0.0625.